The van der Waals surface area contributed by atoms with Gasteiger partial charge < -0.3 is 0 Å². The Bertz CT molecular complexity index is 415. The van der Waals surface area contributed by atoms with Gasteiger partial charge in [0, 0.05) is 7.05 Å². The molecule has 0 saturated carbocycles. The lowest BCUT2D eigenvalue weighted by Gasteiger charge is -2.02. The minimum absolute atomic E-state index is 0.475. The van der Waals surface area contributed by atoms with Crippen molar-refractivity contribution in [1.29, 1.82) is 0 Å². The first kappa shape index (κ1) is 8.80. The summed E-state index contributed by atoms with van der Waals surface area (Å²) in [4.78, 5) is 23.2. The first-order valence-corrected chi connectivity index (χ1v) is 3.84. The Labute approximate surface area is 77.9 Å². The van der Waals surface area contributed by atoms with Crippen LogP contribution in [0.1, 0.15) is 20.7 Å². The Balaban J connectivity index is 2.80. The molecule has 0 aromatic heterocycles. The molecule has 0 bridgehead atoms. The summed E-state index contributed by atoms with van der Waals surface area (Å²) in [6, 6.07) is 1.66. The maximum Gasteiger partial charge on any atom is 0.264 e. The molecule has 1 aliphatic heterocycles. The first-order valence-electron chi connectivity index (χ1n) is 3.84. The van der Waals surface area contributed by atoms with E-state index in [0.717, 1.165) is 12.1 Å². The van der Waals surface area contributed by atoms with Crippen molar-refractivity contribution < 1.29 is 18.4 Å². The second-order valence-corrected chi connectivity index (χ2v) is 2.95. The van der Waals surface area contributed by atoms with E-state index in [9.17, 15) is 18.4 Å². The molecule has 14 heavy (non-hydrogen) atoms. The van der Waals surface area contributed by atoms with Crippen LogP contribution in [-0.4, -0.2) is 23.8 Å². The molecule has 1 aliphatic rings. The predicted molar refractivity (Wildman–Crippen MR) is 42.8 cm³/mol. The number of hydrogen-bond donors (Lipinski definition) is 0. The second-order valence-electron chi connectivity index (χ2n) is 2.95. The first-order chi connectivity index (χ1) is 6.54. The van der Waals surface area contributed by atoms with Gasteiger partial charge in [-0.25, -0.2) is 8.78 Å². The van der Waals surface area contributed by atoms with Gasteiger partial charge in [0.2, 0.25) is 0 Å². The van der Waals surface area contributed by atoms with E-state index in [0.29, 0.717) is 4.90 Å². The standard InChI is InChI=1S/C9H5F2NO2/c1-12-8(13)6-4(10)2-3-5(11)7(6)9(12)14/h2-3H,1H3. The van der Waals surface area contributed by atoms with E-state index in [1.54, 1.807) is 0 Å². The number of nitrogens with zero attached hydrogens (tertiary/aromatic N) is 1. The van der Waals surface area contributed by atoms with E-state index in [2.05, 4.69) is 0 Å². The normalized spacial score (nSPS) is 14.9. The van der Waals surface area contributed by atoms with Crippen molar-refractivity contribution in [2.24, 2.45) is 0 Å². The highest BCUT2D eigenvalue weighted by atomic mass is 19.1. The molecule has 2 amide bonds. The van der Waals surface area contributed by atoms with Gasteiger partial charge in [-0.15, -0.1) is 0 Å². The van der Waals surface area contributed by atoms with Crippen molar-refractivity contribution in [3.8, 4) is 0 Å². The van der Waals surface area contributed by atoms with E-state index >= 15 is 0 Å². The van der Waals surface area contributed by atoms with Crippen LogP contribution in [-0.2, 0) is 0 Å². The number of hydrogen-bond acceptors (Lipinski definition) is 2. The van der Waals surface area contributed by atoms with Gasteiger partial charge in [0.25, 0.3) is 11.8 Å². The Morgan fingerprint density at radius 3 is 1.71 bits per heavy atom. The topological polar surface area (TPSA) is 37.4 Å². The molecule has 0 atom stereocenters. The number of carbonyl (C=O) groups excluding carboxylic acids is 2. The summed E-state index contributed by atoms with van der Waals surface area (Å²) in [5, 5.41) is 0. The number of fused-ring (bicyclic) bond motifs is 1. The van der Waals surface area contributed by atoms with Gasteiger partial charge in [-0.2, -0.15) is 0 Å². The molecule has 0 saturated heterocycles. The Morgan fingerprint density at radius 1 is 1.00 bits per heavy atom. The third kappa shape index (κ3) is 0.891. The van der Waals surface area contributed by atoms with Crippen molar-refractivity contribution >= 4 is 11.8 Å². The minimum atomic E-state index is -0.871. The molecule has 72 valence electrons. The fourth-order valence-electron chi connectivity index (χ4n) is 1.40. The summed E-state index contributed by atoms with van der Waals surface area (Å²) in [6.07, 6.45) is 0. The van der Waals surface area contributed by atoms with Gasteiger partial charge >= 0.3 is 0 Å². The van der Waals surface area contributed by atoms with E-state index < -0.39 is 34.6 Å². The molecule has 2 rings (SSSR count). The minimum Gasteiger partial charge on any atom is -0.277 e. The van der Waals surface area contributed by atoms with Gasteiger partial charge in [-0.1, -0.05) is 0 Å². The lowest BCUT2D eigenvalue weighted by atomic mass is 10.1. The fourth-order valence-corrected chi connectivity index (χ4v) is 1.40. The van der Waals surface area contributed by atoms with Crippen LogP contribution in [0.15, 0.2) is 12.1 Å². The summed E-state index contributed by atoms with van der Waals surface area (Å²) >= 11 is 0. The van der Waals surface area contributed by atoms with Crippen molar-refractivity contribution in [1.82, 2.24) is 4.90 Å². The molecule has 0 fully saturated rings. The molecule has 1 heterocycles. The van der Waals surface area contributed by atoms with Gasteiger partial charge in [-0.3, -0.25) is 14.5 Å². The van der Waals surface area contributed by atoms with Crippen molar-refractivity contribution in [2.45, 2.75) is 0 Å². The lowest BCUT2D eigenvalue weighted by molar-refractivity contribution is 0.0691. The smallest absolute Gasteiger partial charge is 0.264 e. The molecule has 1 aromatic rings. The van der Waals surface area contributed by atoms with E-state index in [4.69, 9.17) is 0 Å². The number of imide groups is 1. The van der Waals surface area contributed by atoms with Crippen LogP contribution in [0.5, 0.6) is 0 Å². The second kappa shape index (κ2) is 2.60. The van der Waals surface area contributed by atoms with Gasteiger partial charge in [0.1, 0.15) is 11.6 Å². The maximum atomic E-state index is 13.1. The average molecular weight is 197 g/mol. The predicted octanol–water partition coefficient (Wildman–Crippen LogP) is 1.19. The molecule has 0 radical (unpaired) electrons. The fraction of sp³-hybridized carbons (Fsp3) is 0.111. The average Bonchev–Trinajstić information content (AvgIpc) is 2.38. The Morgan fingerprint density at radius 2 is 1.36 bits per heavy atom. The lowest BCUT2D eigenvalue weighted by Crippen LogP contribution is -2.24. The monoisotopic (exact) mass is 197 g/mol. The molecular weight excluding hydrogens is 192 g/mol. The van der Waals surface area contributed by atoms with Crippen LogP contribution in [0, 0.1) is 11.6 Å². The zero-order valence-corrected chi connectivity index (χ0v) is 7.17. The largest absolute Gasteiger partial charge is 0.277 e. The molecule has 0 N–H and O–H groups in total. The summed E-state index contributed by atoms with van der Waals surface area (Å²) in [5.41, 5.74) is -0.949. The number of benzene rings is 1. The number of carbonyl (C=O) groups is 2. The third-order valence-electron chi connectivity index (χ3n) is 2.14. The van der Waals surface area contributed by atoms with Crippen LogP contribution < -0.4 is 0 Å². The zero-order chi connectivity index (χ0) is 10.5. The summed E-state index contributed by atoms with van der Waals surface area (Å²) < 4.78 is 26.2. The Hall–Kier alpha value is -1.78. The van der Waals surface area contributed by atoms with Crippen LogP contribution >= 0.6 is 0 Å². The highest BCUT2D eigenvalue weighted by Gasteiger charge is 2.37. The van der Waals surface area contributed by atoms with E-state index in [1.807, 2.05) is 0 Å². The van der Waals surface area contributed by atoms with Crippen molar-refractivity contribution in [3.63, 3.8) is 0 Å². The zero-order valence-electron chi connectivity index (χ0n) is 7.17. The van der Waals surface area contributed by atoms with Gasteiger partial charge in [0.05, 0.1) is 11.1 Å². The summed E-state index contributed by atoms with van der Waals surface area (Å²) in [5.74, 6) is -3.35. The maximum absolute atomic E-state index is 13.1. The number of halogens is 2. The van der Waals surface area contributed by atoms with Crippen molar-refractivity contribution in [2.75, 3.05) is 7.05 Å². The van der Waals surface area contributed by atoms with Gasteiger partial charge in [-0.05, 0) is 12.1 Å². The highest BCUT2D eigenvalue weighted by Crippen LogP contribution is 2.26. The molecule has 0 unspecified atom stereocenters. The van der Waals surface area contributed by atoms with Crippen molar-refractivity contribution in [3.05, 3.63) is 34.9 Å². The molecule has 0 aliphatic carbocycles. The van der Waals surface area contributed by atoms with Crippen LogP contribution in [0.25, 0.3) is 0 Å². The van der Waals surface area contributed by atoms with Gasteiger partial charge in [0.15, 0.2) is 0 Å². The van der Waals surface area contributed by atoms with Crippen LogP contribution in [0.2, 0.25) is 0 Å². The summed E-state index contributed by atoms with van der Waals surface area (Å²) in [6.45, 7) is 0. The van der Waals surface area contributed by atoms with E-state index in [1.165, 1.54) is 7.05 Å². The van der Waals surface area contributed by atoms with E-state index in [-0.39, 0.29) is 0 Å². The molecule has 0 spiro atoms. The molecule has 5 heteroatoms. The number of amides is 2. The highest BCUT2D eigenvalue weighted by molar-refractivity contribution is 6.21. The third-order valence-corrected chi connectivity index (χ3v) is 2.14. The quantitative estimate of drug-likeness (QED) is 0.586. The Kier molecular flexibility index (Phi) is 1.64. The molecule has 3 nitrogen and oxygen atoms in total. The molecule has 1 aromatic carbocycles. The SMILES string of the molecule is CN1C(=O)c2c(F)ccc(F)c2C1=O. The summed E-state index contributed by atoms with van der Waals surface area (Å²) in [7, 11) is 1.18. The van der Waals surface area contributed by atoms with Crippen LogP contribution in [0.3, 0.4) is 0 Å². The molecular formula is C9H5F2NO2. The van der Waals surface area contributed by atoms with Crippen LogP contribution in [0.4, 0.5) is 8.78 Å². The number of rotatable bonds is 0.